The highest BCUT2D eigenvalue weighted by Crippen LogP contribution is 2.30. The van der Waals surface area contributed by atoms with Crippen LogP contribution in [0.5, 0.6) is 0 Å². The molecule has 3 heterocycles. The second kappa shape index (κ2) is 5.88. The maximum absolute atomic E-state index is 12.3. The van der Waals surface area contributed by atoms with Crippen molar-refractivity contribution >= 4 is 28.8 Å². The molecule has 0 radical (unpaired) electrons. The molecule has 1 saturated carbocycles. The molecule has 24 heavy (non-hydrogen) atoms. The third-order valence-corrected chi connectivity index (χ3v) is 4.94. The molecule has 9 nitrogen and oxygen atoms in total. The van der Waals surface area contributed by atoms with Crippen molar-refractivity contribution in [2.45, 2.75) is 44.7 Å². The van der Waals surface area contributed by atoms with Crippen molar-refractivity contribution in [1.29, 1.82) is 0 Å². The molecule has 2 fully saturated rings. The number of hydrogen-bond acceptors (Lipinski definition) is 8. The van der Waals surface area contributed by atoms with E-state index in [9.17, 15) is 4.79 Å². The first kappa shape index (κ1) is 15.1. The fraction of sp³-hybridized carbons (Fsp3) is 0.667. The van der Waals surface area contributed by atoms with Crippen LogP contribution in [0, 0.1) is 0 Å². The number of aromatic nitrogens is 4. The predicted molar refractivity (Wildman–Crippen MR) is 87.7 cm³/mol. The Morgan fingerprint density at radius 3 is 2.58 bits per heavy atom. The molecule has 0 unspecified atom stereocenters. The van der Waals surface area contributed by atoms with Gasteiger partial charge in [-0.1, -0.05) is 12.8 Å². The maximum Gasteiger partial charge on any atom is 0.245 e. The summed E-state index contributed by atoms with van der Waals surface area (Å²) in [6, 6.07) is 0.0910. The molecular weight excluding hydrogens is 310 g/mol. The Bertz CT molecular complexity index is 755. The Morgan fingerprint density at radius 2 is 1.83 bits per heavy atom. The van der Waals surface area contributed by atoms with Crippen molar-refractivity contribution in [1.82, 2.24) is 25.2 Å². The molecule has 1 aliphatic carbocycles. The van der Waals surface area contributed by atoms with Crippen molar-refractivity contribution < 1.29 is 9.42 Å². The van der Waals surface area contributed by atoms with E-state index in [1.54, 1.807) is 4.90 Å². The quantitative estimate of drug-likeness (QED) is 0.890. The van der Waals surface area contributed by atoms with Crippen molar-refractivity contribution in [3.05, 3.63) is 0 Å². The smallest absolute Gasteiger partial charge is 0.245 e. The van der Waals surface area contributed by atoms with Crippen LogP contribution in [-0.4, -0.2) is 63.3 Å². The van der Waals surface area contributed by atoms with Crippen LogP contribution in [0.2, 0.25) is 0 Å². The SMILES string of the molecule is C[C@H]1C(=O)N(C)CCN1c1nc2nonc2nc1NC1CCCC1. The largest absolute Gasteiger partial charge is 0.364 e. The van der Waals surface area contributed by atoms with Crippen molar-refractivity contribution in [2.24, 2.45) is 0 Å². The summed E-state index contributed by atoms with van der Waals surface area (Å²) in [5.41, 5.74) is 0.743. The lowest BCUT2D eigenvalue weighted by molar-refractivity contribution is -0.132. The first-order valence-corrected chi connectivity index (χ1v) is 8.42. The topological polar surface area (TPSA) is 100 Å². The minimum atomic E-state index is -0.292. The van der Waals surface area contributed by atoms with Crippen molar-refractivity contribution in [3.63, 3.8) is 0 Å². The molecule has 1 amide bonds. The van der Waals surface area contributed by atoms with Gasteiger partial charge in [0.2, 0.25) is 17.2 Å². The molecule has 1 saturated heterocycles. The van der Waals surface area contributed by atoms with E-state index in [0.717, 1.165) is 12.8 Å². The van der Waals surface area contributed by atoms with Crippen LogP contribution < -0.4 is 10.2 Å². The Kier molecular flexibility index (Phi) is 3.70. The molecular formula is C15H21N7O2. The number of fused-ring (bicyclic) bond motifs is 1. The molecule has 2 aromatic heterocycles. The van der Waals surface area contributed by atoms with Crippen LogP contribution >= 0.6 is 0 Å². The number of amides is 1. The van der Waals surface area contributed by atoms with E-state index < -0.39 is 0 Å². The minimum Gasteiger partial charge on any atom is -0.364 e. The zero-order chi connectivity index (χ0) is 16.7. The summed E-state index contributed by atoms with van der Waals surface area (Å²) in [5, 5.41) is 11.1. The Balaban J connectivity index is 1.72. The van der Waals surface area contributed by atoms with Gasteiger partial charge in [-0.3, -0.25) is 4.79 Å². The highest BCUT2D eigenvalue weighted by molar-refractivity contribution is 5.87. The second-order valence-corrected chi connectivity index (χ2v) is 6.56. The summed E-state index contributed by atoms with van der Waals surface area (Å²) >= 11 is 0. The van der Waals surface area contributed by atoms with Gasteiger partial charge < -0.3 is 15.1 Å². The molecule has 0 aromatic carbocycles. The highest BCUT2D eigenvalue weighted by atomic mass is 16.6. The minimum absolute atomic E-state index is 0.0771. The molecule has 0 bridgehead atoms. The number of carbonyl (C=O) groups is 1. The van der Waals surface area contributed by atoms with E-state index in [4.69, 9.17) is 4.63 Å². The van der Waals surface area contributed by atoms with E-state index >= 15 is 0 Å². The molecule has 1 atom stereocenters. The number of likely N-dealkylation sites (N-methyl/N-ethyl adjacent to an activating group) is 1. The Hall–Kier alpha value is -2.45. The van der Waals surface area contributed by atoms with E-state index in [-0.39, 0.29) is 11.9 Å². The second-order valence-electron chi connectivity index (χ2n) is 6.56. The summed E-state index contributed by atoms with van der Waals surface area (Å²) in [6.07, 6.45) is 4.68. The number of rotatable bonds is 3. The zero-order valence-corrected chi connectivity index (χ0v) is 13.9. The molecule has 1 N–H and O–H groups in total. The van der Waals surface area contributed by atoms with Crippen LogP contribution in [-0.2, 0) is 4.79 Å². The summed E-state index contributed by atoms with van der Waals surface area (Å²) in [6.45, 7) is 3.25. The first-order valence-electron chi connectivity index (χ1n) is 8.42. The van der Waals surface area contributed by atoms with Gasteiger partial charge in [-0.05, 0) is 30.1 Å². The average Bonchev–Trinajstić information content (AvgIpc) is 3.23. The molecule has 2 aliphatic rings. The van der Waals surface area contributed by atoms with Gasteiger partial charge in [-0.2, -0.15) is 0 Å². The normalized spacial score (nSPS) is 22.6. The number of anilines is 2. The van der Waals surface area contributed by atoms with Gasteiger partial charge in [0.15, 0.2) is 11.6 Å². The third kappa shape index (κ3) is 2.53. The molecule has 1 aliphatic heterocycles. The fourth-order valence-electron chi connectivity index (χ4n) is 3.49. The van der Waals surface area contributed by atoms with Crippen LogP contribution in [0.25, 0.3) is 11.3 Å². The average molecular weight is 331 g/mol. The maximum atomic E-state index is 12.3. The molecule has 4 rings (SSSR count). The summed E-state index contributed by atoms with van der Waals surface area (Å²) in [5.74, 6) is 1.39. The number of nitrogens with zero attached hydrogens (tertiary/aromatic N) is 6. The standard InChI is InChI=1S/C15H21N7O2/c1-9-15(23)21(2)7-8-22(9)14-13(16-10-5-3-4-6-10)17-11-12(18-14)20-24-19-11/h9-10H,3-8H2,1-2H3,(H,16,17,19)/t9-/m0/s1. The van der Waals surface area contributed by atoms with E-state index in [2.05, 4.69) is 25.6 Å². The van der Waals surface area contributed by atoms with Crippen LogP contribution in [0.15, 0.2) is 4.63 Å². The van der Waals surface area contributed by atoms with E-state index in [0.29, 0.717) is 42.1 Å². The summed E-state index contributed by atoms with van der Waals surface area (Å²) in [4.78, 5) is 25.2. The number of hydrogen-bond donors (Lipinski definition) is 1. The van der Waals surface area contributed by atoms with Crippen LogP contribution in [0.4, 0.5) is 11.6 Å². The first-order chi connectivity index (χ1) is 11.6. The van der Waals surface area contributed by atoms with Gasteiger partial charge in [-0.25, -0.2) is 14.6 Å². The highest BCUT2D eigenvalue weighted by Gasteiger charge is 2.33. The monoisotopic (exact) mass is 331 g/mol. The lowest BCUT2D eigenvalue weighted by Gasteiger charge is -2.38. The zero-order valence-electron chi connectivity index (χ0n) is 13.9. The van der Waals surface area contributed by atoms with Crippen molar-refractivity contribution in [2.75, 3.05) is 30.4 Å². The van der Waals surface area contributed by atoms with E-state index in [1.165, 1.54) is 12.8 Å². The Labute approximate surface area is 139 Å². The fourth-order valence-corrected chi connectivity index (χ4v) is 3.49. The Morgan fingerprint density at radius 1 is 1.12 bits per heavy atom. The molecule has 9 heteroatoms. The number of piperazine rings is 1. The lowest BCUT2D eigenvalue weighted by Crippen LogP contribution is -2.55. The lowest BCUT2D eigenvalue weighted by atomic mass is 10.2. The van der Waals surface area contributed by atoms with Gasteiger partial charge in [0, 0.05) is 26.2 Å². The van der Waals surface area contributed by atoms with Gasteiger partial charge in [0.1, 0.15) is 6.04 Å². The molecule has 128 valence electrons. The summed E-state index contributed by atoms with van der Waals surface area (Å²) in [7, 11) is 1.82. The van der Waals surface area contributed by atoms with Gasteiger partial charge in [0.25, 0.3) is 0 Å². The molecule has 2 aromatic rings. The van der Waals surface area contributed by atoms with Crippen LogP contribution in [0.1, 0.15) is 32.6 Å². The van der Waals surface area contributed by atoms with Gasteiger partial charge >= 0.3 is 0 Å². The van der Waals surface area contributed by atoms with Gasteiger partial charge in [-0.15, -0.1) is 0 Å². The van der Waals surface area contributed by atoms with E-state index in [1.807, 2.05) is 18.9 Å². The van der Waals surface area contributed by atoms with Crippen molar-refractivity contribution in [3.8, 4) is 0 Å². The number of carbonyl (C=O) groups excluding carboxylic acids is 1. The van der Waals surface area contributed by atoms with Crippen LogP contribution in [0.3, 0.4) is 0 Å². The third-order valence-electron chi connectivity index (χ3n) is 4.94. The molecule has 0 spiro atoms. The predicted octanol–water partition coefficient (Wildman–Crippen LogP) is 1.03. The summed E-state index contributed by atoms with van der Waals surface area (Å²) < 4.78 is 4.75. The number of nitrogens with one attached hydrogen (secondary N) is 1. The van der Waals surface area contributed by atoms with Gasteiger partial charge in [0.05, 0.1) is 0 Å².